The Bertz CT molecular complexity index is 982. The van der Waals surface area contributed by atoms with Gasteiger partial charge in [0.25, 0.3) is 0 Å². The van der Waals surface area contributed by atoms with Crippen LogP contribution in [0, 0.1) is 0 Å². The lowest BCUT2D eigenvalue weighted by Crippen LogP contribution is -2.29. The molecule has 1 fully saturated rings. The number of carbonyl (C=O) groups excluding carboxylic acids is 1. The van der Waals surface area contributed by atoms with Crippen LogP contribution in [0.25, 0.3) is 11.1 Å². The lowest BCUT2D eigenvalue weighted by molar-refractivity contribution is 0.1000. The van der Waals surface area contributed by atoms with E-state index >= 15 is 0 Å². The monoisotopic (exact) mass is 387 g/mol. The standard InChI is InChI=1S/C24H25N3O2/c25-24(28)19-8-4-10-21(14-19)29-23-15-18(17-6-2-1-3-7-17)11-12-22(23)27-16-20-9-5-13-26-20/h1-4,6-8,10-12,14-15,20,26-27H,5,9,13,16H2,(H2,25,28)/t20-/m0/s1. The second-order valence-corrected chi connectivity index (χ2v) is 7.25. The number of hydrogen-bond donors (Lipinski definition) is 3. The summed E-state index contributed by atoms with van der Waals surface area (Å²) in [5.74, 6) is 0.818. The van der Waals surface area contributed by atoms with Crippen LogP contribution in [0.5, 0.6) is 11.5 Å². The molecule has 0 spiro atoms. The third-order valence-corrected chi connectivity index (χ3v) is 5.14. The maximum atomic E-state index is 11.5. The minimum atomic E-state index is -0.473. The van der Waals surface area contributed by atoms with Gasteiger partial charge < -0.3 is 21.1 Å². The minimum Gasteiger partial charge on any atom is -0.455 e. The minimum absolute atomic E-state index is 0.423. The van der Waals surface area contributed by atoms with E-state index in [1.807, 2.05) is 36.4 Å². The Morgan fingerprint density at radius 3 is 2.66 bits per heavy atom. The highest BCUT2D eigenvalue weighted by atomic mass is 16.5. The van der Waals surface area contributed by atoms with Gasteiger partial charge in [0.15, 0.2) is 5.75 Å². The van der Waals surface area contributed by atoms with Crippen molar-refractivity contribution in [2.45, 2.75) is 18.9 Å². The van der Waals surface area contributed by atoms with Crippen molar-refractivity contribution in [2.75, 3.05) is 18.4 Å². The molecule has 4 rings (SSSR count). The zero-order valence-electron chi connectivity index (χ0n) is 16.2. The summed E-state index contributed by atoms with van der Waals surface area (Å²) >= 11 is 0. The first-order chi connectivity index (χ1) is 14.2. The van der Waals surface area contributed by atoms with Crippen LogP contribution in [0.2, 0.25) is 0 Å². The van der Waals surface area contributed by atoms with Crippen LogP contribution in [0.1, 0.15) is 23.2 Å². The highest BCUT2D eigenvalue weighted by molar-refractivity contribution is 5.93. The van der Waals surface area contributed by atoms with Gasteiger partial charge in [-0.15, -0.1) is 0 Å². The number of hydrogen-bond acceptors (Lipinski definition) is 4. The van der Waals surface area contributed by atoms with E-state index in [4.69, 9.17) is 10.5 Å². The molecular weight excluding hydrogens is 362 g/mol. The summed E-state index contributed by atoms with van der Waals surface area (Å²) < 4.78 is 6.19. The van der Waals surface area contributed by atoms with Crippen LogP contribution >= 0.6 is 0 Å². The van der Waals surface area contributed by atoms with E-state index in [1.54, 1.807) is 18.2 Å². The van der Waals surface area contributed by atoms with Gasteiger partial charge in [-0.1, -0.05) is 42.5 Å². The normalized spacial score (nSPS) is 15.8. The van der Waals surface area contributed by atoms with Crippen molar-refractivity contribution in [1.29, 1.82) is 0 Å². The Morgan fingerprint density at radius 2 is 1.90 bits per heavy atom. The Kier molecular flexibility index (Phi) is 5.77. The molecule has 1 aliphatic rings. The molecule has 0 aromatic heterocycles. The van der Waals surface area contributed by atoms with E-state index in [9.17, 15) is 4.79 Å². The number of rotatable bonds is 7. The third-order valence-electron chi connectivity index (χ3n) is 5.14. The van der Waals surface area contributed by atoms with Crippen molar-refractivity contribution in [2.24, 2.45) is 5.73 Å². The van der Waals surface area contributed by atoms with Gasteiger partial charge in [0.05, 0.1) is 5.69 Å². The molecule has 1 saturated heterocycles. The van der Waals surface area contributed by atoms with Crippen molar-refractivity contribution in [3.63, 3.8) is 0 Å². The fraction of sp³-hybridized carbons (Fsp3) is 0.208. The number of ether oxygens (including phenoxy) is 1. The SMILES string of the molecule is NC(=O)c1cccc(Oc2cc(-c3ccccc3)ccc2NC[C@@H]2CCCN2)c1. The van der Waals surface area contributed by atoms with Crippen LogP contribution in [0.3, 0.4) is 0 Å². The molecule has 0 aliphatic carbocycles. The molecular formula is C24H25N3O2. The lowest BCUT2D eigenvalue weighted by atomic mass is 10.0. The average molecular weight is 387 g/mol. The lowest BCUT2D eigenvalue weighted by Gasteiger charge is -2.17. The molecule has 3 aromatic rings. The van der Waals surface area contributed by atoms with E-state index in [1.165, 1.54) is 12.8 Å². The first-order valence-corrected chi connectivity index (χ1v) is 9.93. The van der Waals surface area contributed by atoms with Crippen molar-refractivity contribution in [3.8, 4) is 22.6 Å². The van der Waals surface area contributed by atoms with Gasteiger partial charge in [0, 0.05) is 18.2 Å². The molecule has 5 heteroatoms. The molecule has 1 atom stereocenters. The van der Waals surface area contributed by atoms with Gasteiger partial charge in [-0.3, -0.25) is 4.79 Å². The number of nitrogens with two attached hydrogens (primary N) is 1. The molecule has 5 nitrogen and oxygen atoms in total. The molecule has 1 heterocycles. The van der Waals surface area contributed by atoms with Crippen LogP contribution < -0.4 is 21.1 Å². The fourth-order valence-corrected chi connectivity index (χ4v) is 3.57. The summed E-state index contributed by atoms with van der Waals surface area (Å²) in [7, 11) is 0. The maximum absolute atomic E-state index is 11.5. The Hall–Kier alpha value is -3.31. The Balaban J connectivity index is 1.63. The zero-order valence-corrected chi connectivity index (χ0v) is 16.2. The number of carbonyl (C=O) groups is 1. The zero-order chi connectivity index (χ0) is 20.1. The second kappa shape index (κ2) is 8.80. The summed E-state index contributed by atoms with van der Waals surface area (Å²) in [5, 5.41) is 7.01. The van der Waals surface area contributed by atoms with Gasteiger partial charge in [-0.25, -0.2) is 0 Å². The molecule has 148 valence electrons. The van der Waals surface area contributed by atoms with Crippen LogP contribution in [0.4, 0.5) is 5.69 Å². The van der Waals surface area contributed by atoms with E-state index in [0.29, 0.717) is 23.1 Å². The third kappa shape index (κ3) is 4.76. The van der Waals surface area contributed by atoms with Gasteiger partial charge in [0.1, 0.15) is 5.75 Å². The second-order valence-electron chi connectivity index (χ2n) is 7.25. The molecule has 0 bridgehead atoms. The predicted octanol–water partition coefficient (Wildman–Crippen LogP) is 4.41. The molecule has 0 saturated carbocycles. The summed E-state index contributed by atoms with van der Waals surface area (Å²) in [6.45, 7) is 1.91. The van der Waals surface area contributed by atoms with Crippen LogP contribution in [-0.4, -0.2) is 25.0 Å². The number of anilines is 1. The van der Waals surface area contributed by atoms with Gasteiger partial charge in [0.2, 0.25) is 5.91 Å². The smallest absolute Gasteiger partial charge is 0.248 e. The Morgan fingerprint density at radius 1 is 1.03 bits per heavy atom. The molecule has 1 aliphatic heterocycles. The van der Waals surface area contributed by atoms with Crippen molar-refractivity contribution < 1.29 is 9.53 Å². The number of amides is 1. The van der Waals surface area contributed by atoms with Gasteiger partial charge >= 0.3 is 0 Å². The quantitative estimate of drug-likeness (QED) is 0.561. The number of primary amides is 1. The first kappa shape index (κ1) is 19.0. The summed E-state index contributed by atoms with van der Waals surface area (Å²) in [6.07, 6.45) is 2.38. The Labute approximate surface area is 170 Å². The maximum Gasteiger partial charge on any atom is 0.248 e. The number of benzene rings is 3. The van der Waals surface area contributed by atoms with Crippen LogP contribution in [0.15, 0.2) is 72.8 Å². The van der Waals surface area contributed by atoms with Crippen molar-refractivity contribution in [1.82, 2.24) is 5.32 Å². The molecule has 0 unspecified atom stereocenters. The molecule has 4 N–H and O–H groups in total. The molecule has 3 aromatic carbocycles. The average Bonchev–Trinajstić information content (AvgIpc) is 3.27. The highest BCUT2D eigenvalue weighted by Crippen LogP contribution is 2.34. The van der Waals surface area contributed by atoms with Gasteiger partial charge in [-0.05, 0) is 60.8 Å². The summed E-state index contributed by atoms with van der Waals surface area (Å²) in [5.41, 5.74) is 8.94. The van der Waals surface area contributed by atoms with Crippen molar-refractivity contribution >= 4 is 11.6 Å². The fourth-order valence-electron chi connectivity index (χ4n) is 3.57. The van der Waals surface area contributed by atoms with E-state index in [2.05, 4.69) is 28.8 Å². The van der Waals surface area contributed by atoms with E-state index < -0.39 is 5.91 Å². The molecule has 29 heavy (non-hydrogen) atoms. The molecule has 1 amide bonds. The summed E-state index contributed by atoms with van der Waals surface area (Å²) in [6, 6.07) is 23.7. The summed E-state index contributed by atoms with van der Waals surface area (Å²) in [4.78, 5) is 11.5. The first-order valence-electron chi connectivity index (χ1n) is 9.93. The van der Waals surface area contributed by atoms with Gasteiger partial charge in [-0.2, -0.15) is 0 Å². The topological polar surface area (TPSA) is 76.4 Å². The number of nitrogens with one attached hydrogen (secondary N) is 2. The highest BCUT2D eigenvalue weighted by Gasteiger charge is 2.15. The molecule has 0 radical (unpaired) electrons. The van der Waals surface area contributed by atoms with E-state index in [0.717, 1.165) is 29.9 Å². The van der Waals surface area contributed by atoms with Crippen molar-refractivity contribution in [3.05, 3.63) is 78.4 Å². The van der Waals surface area contributed by atoms with Crippen LogP contribution in [-0.2, 0) is 0 Å². The van der Waals surface area contributed by atoms with E-state index in [-0.39, 0.29) is 0 Å². The largest absolute Gasteiger partial charge is 0.455 e. The predicted molar refractivity (Wildman–Crippen MR) is 116 cm³/mol.